The molecule has 30 heavy (non-hydrogen) atoms. The number of thiophene rings is 1. The van der Waals surface area contributed by atoms with Crippen LogP contribution in [0.15, 0.2) is 35.0 Å². The highest BCUT2D eigenvalue weighted by Gasteiger charge is 2.30. The molecule has 1 aliphatic carbocycles. The van der Waals surface area contributed by atoms with Gasteiger partial charge in [0.25, 0.3) is 12.3 Å². The predicted molar refractivity (Wildman–Crippen MR) is 110 cm³/mol. The van der Waals surface area contributed by atoms with E-state index in [0.717, 1.165) is 23.3 Å². The molecule has 0 atom stereocenters. The van der Waals surface area contributed by atoms with E-state index >= 15 is 0 Å². The van der Waals surface area contributed by atoms with Gasteiger partial charge < -0.3 is 10.6 Å². The van der Waals surface area contributed by atoms with Crippen molar-refractivity contribution >= 4 is 34.3 Å². The Morgan fingerprint density at radius 3 is 2.43 bits per heavy atom. The number of halogens is 4. The molecular formula is C20H22F4N4OS. The Morgan fingerprint density at radius 2 is 1.83 bits per heavy atom. The first-order chi connectivity index (χ1) is 14.3. The molecule has 2 N–H and O–H groups in total. The molecule has 3 aromatic heterocycles. The lowest BCUT2D eigenvalue weighted by molar-refractivity contribution is -0.0337. The first-order valence-corrected chi connectivity index (χ1v) is 10.4. The number of amides is 1. The number of hydrogen-bond donors (Lipinski definition) is 2. The quantitative estimate of drug-likeness (QED) is 0.472. The van der Waals surface area contributed by atoms with Gasteiger partial charge in [-0.15, -0.1) is 16.4 Å². The van der Waals surface area contributed by atoms with Gasteiger partial charge in [0.2, 0.25) is 5.92 Å². The van der Waals surface area contributed by atoms with Gasteiger partial charge in [-0.3, -0.25) is 4.79 Å². The molecular weight excluding hydrogens is 420 g/mol. The lowest BCUT2D eigenvalue weighted by atomic mass is 9.97. The summed E-state index contributed by atoms with van der Waals surface area (Å²) in [5.74, 6) is -2.21. The van der Waals surface area contributed by atoms with Crippen LogP contribution in [0.2, 0.25) is 0 Å². The lowest BCUT2D eigenvalue weighted by Gasteiger charge is -2.20. The maximum Gasteiger partial charge on any atom is 0.274 e. The summed E-state index contributed by atoms with van der Waals surface area (Å²) in [6.07, 6.45) is 0.0369. The first kappa shape index (κ1) is 22.1. The zero-order valence-corrected chi connectivity index (χ0v) is 17.1. The third-order valence-corrected chi connectivity index (χ3v) is 5.52. The summed E-state index contributed by atoms with van der Waals surface area (Å²) in [6.45, 7) is 0. The minimum atomic E-state index is -2.63. The van der Waals surface area contributed by atoms with Crippen LogP contribution in [-0.2, 0) is 0 Å². The van der Waals surface area contributed by atoms with Gasteiger partial charge in [-0.25, -0.2) is 22.1 Å². The maximum absolute atomic E-state index is 12.8. The largest absolute Gasteiger partial charge is 0.372 e. The summed E-state index contributed by atoms with van der Waals surface area (Å²) in [4.78, 5) is 12.3. The van der Waals surface area contributed by atoms with Crippen molar-refractivity contribution in [3.8, 4) is 0 Å². The fourth-order valence-corrected chi connectivity index (χ4v) is 3.90. The maximum atomic E-state index is 12.8. The number of nitrogens with zero attached hydrogens (tertiary/aromatic N) is 2. The summed E-state index contributed by atoms with van der Waals surface area (Å²) in [5.41, 5.74) is 0.967. The molecule has 10 heteroatoms. The molecule has 1 aliphatic rings. The van der Waals surface area contributed by atoms with Gasteiger partial charge in [-0.05, 0) is 37.1 Å². The third kappa shape index (κ3) is 5.29. The number of aromatic nitrogens is 2. The summed E-state index contributed by atoms with van der Waals surface area (Å²) in [6, 6.07) is 6.93. The molecule has 0 spiro atoms. The number of hydrogen-bond acceptors (Lipinski definition) is 4. The van der Waals surface area contributed by atoms with Crippen LogP contribution >= 0.6 is 11.3 Å². The minimum absolute atomic E-state index is 0.118. The van der Waals surface area contributed by atoms with Crippen molar-refractivity contribution in [3.05, 3.63) is 46.3 Å². The molecule has 4 rings (SSSR count). The normalized spacial score (nSPS) is 15.5. The molecule has 0 radical (unpaired) electrons. The van der Waals surface area contributed by atoms with Crippen molar-refractivity contribution in [1.29, 1.82) is 0 Å². The van der Waals surface area contributed by atoms with Gasteiger partial charge in [-0.2, -0.15) is 0 Å². The third-order valence-electron chi connectivity index (χ3n) is 4.75. The lowest BCUT2D eigenvalue weighted by Crippen LogP contribution is -2.18. The zero-order chi connectivity index (χ0) is 21.7. The van der Waals surface area contributed by atoms with Crippen molar-refractivity contribution < 1.29 is 22.4 Å². The Morgan fingerprint density at radius 1 is 1.13 bits per heavy atom. The first-order valence-electron chi connectivity index (χ1n) is 9.51. The van der Waals surface area contributed by atoms with Crippen LogP contribution in [0.3, 0.4) is 0 Å². The number of nitrogens with one attached hydrogen (secondary N) is 2. The Kier molecular flexibility index (Phi) is 6.96. The highest BCUT2D eigenvalue weighted by Crippen LogP contribution is 2.32. The van der Waals surface area contributed by atoms with Gasteiger partial charge >= 0.3 is 0 Å². The second-order valence-corrected chi connectivity index (χ2v) is 7.68. The van der Waals surface area contributed by atoms with Crippen LogP contribution < -0.4 is 10.6 Å². The Hall–Kier alpha value is -2.62. The van der Waals surface area contributed by atoms with E-state index in [1.54, 1.807) is 25.2 Å². The summed E-state index contributed by atoms with van der Waals surface area (Å²) < 4.78 is 51.5. The van der Waals surface area contributed by atoms with E-state index in [2.05, 4.69) is 15.7 Å². The van der Waals surface area contributed by atoms with E-state index < -0.39 is 18.3 Å². The topological polar surface area (TPSA) is 58.4 Å². The summed E-state index contributed by atoms with van der Waals surface area (Å²) in [5, 5.41) is 12.5. The van der Waals surface area contributed by atoms with Gasteiger partial charge in [0.1, 0.15) is 11.5 Å². The number of anilines is 2. The van der Waals surface area contributed by atoms with E-state index in [1.165, 1.54) is 15.3 Å². The van der Waals surface area contributed by atoms with Crippen LogP contribution in [0.25, 0.3) is 5.52 Å². The minimum Gasteiger partial charge on any atom is -0.372 e. The van der Waals surface area contributed by atoms with E-state index in [4.69, 9.17) is 0 Å². The molecule has 1 amide bonds. The average Bonchev–Trinajstić information content (AvgIpc) is 3.34. The van der Waals surface area contributed by atoms with Gasteiger partial charge in [0.15, 0.2) is 0 Å². The predicted octanol–water partition coefficient (Wildman–Crippen LogP) is 6.21. The molecule has 162 valence electrons. The van der Waals surface area contributed by atoms with Crippen LogP contribution in [-0.4, -0.2) is 28.5 Å². The Bertz CT molecular complexity index is 994. The van der Waals surface area contributed by atoms with Crippen molar-refractivity contribution in [1.82, 2.24) is 9.61 Å². The Labute approximate surface area is 175 Å². The number of rotatable bonds is 4. The SMILES string of the molecule is CNc1ccc2ccc(C(=O)Nc3cscc3C(F)F)n2n1.FC1(F)CCCCC1. The number of carbonyl (C=O) groups is 1. The molecule has 3 heterocycles. The van der Waals surface area contributed by atoms with Crippen LogP contribution in [0.5, 0.6) is 0 Å². The van der Waals surface area contributed by atoms with Crippen molar-refractivity contribution in [3.63, 3.8) is 0 Å². The molecule has 5 nitrogen and oxygen atoms in total. The van der Waals surface area contributed by atoms with Crippen LogP contribution in [0.4, 0.5) is 29.1 Å². The second kappa shape index (κ2) is 9.46. The molecule has 3 aromatic rings. The zero-order valence-electron chi connectivity index (χ0n) is 16.3. The average molecular weight is 442 g/mol. The fourth-order valence-electron chi connectivity index (χ4n) is 3.13. The molecule has 1 fully saturated rings. The van der Waals surface area contributed by atoms with E-state index in [0.29, 0.717) is 18.7 Å². The van der Waals surface area contributed by atoms with Crippen molar-refractivity contribution in [2.75, 3.05) is 17.7 Å². The van der Waals surface area contributed by atoms with Gasteiger partial charge in [-0.1, -0.05) is 6.42 Å². The van der Waals surface area contributed by atoms with Crippen LogP contribution in [0, 0.1) is 0 Å². The highest BCUT2D eigenvalue weighted by atomic mass is 32.1. The second-order valence-electron chi connectivity index (χ2n) is 6.94. The molecule has 1 saturated carbocycles. The summed E-state index contributed by atoms with van der Waals surface area (Å²) in [7, 11) is 1.72. The molecule has 0 unspecified atom stereocenters. The van der Waals surface area contributed by atoms with E-state index in [9.17, 15) is 22.4 Å². The number of carbonyl (C=O) groups excluding carboxylic acids is 1. The smallest absolute Gasteiger partial charge is 0.274 e. The standard InChI is InChI=1S/C14H12F2N4OS.C6H10F2/c1-17-12-5-3-8-2-4-11(20(8)19-12)14(21)18-10-7-22-6-9(10)13(15)16;7-6(8)4-2-1-3-5-6/h2-7,13H,1H3,(H,17,19)(H,18,21);1-5H2. The Balaban J connectivity index is 0.000000269. The van der Waals surface area contributed by atoms with Crippen LogP contribution in [0.1, 0.15) is 54.6 Å². The van der Waals surface area contributed by atoms with Crippen molar-refractivity contribution in [2.45, 2.75) is 44.5 Å². The molecule has 0 bridgehead atoms. The molecule has 0 aliphatic heterocycles. The fraction of sp³-hybridized carbons (Fsp3) is 0.400. The molecule has 0 aromatic carbocycles. The van der Waals surface area contributed by atoms with E-state index in [-0.39, 0.29) is 29.8 Å². The number of fused-ring (bicyclic) bond motifs is 1. The van der Waals surface area contributed by atoms with Gasteiger partial charge in [0, 0.05) is 30.6 Å². The van der Waals surface area contributed by atoms with Gasteiger partial charge in [0.05, 0.1) is 16.8 Å². The van der Waals surface area contributed by atoms with Crippen molar-refractivity contribution in [2.24, 2.45) is 0 Å². The highest BCUT2D eigenvalue weighted by molar-refractivity contribution is 7.08. The monoisotopic (exact) mass is 442 g/mol. The summed E-state index contributed by atoms with van der Waals surface area (Å²) >= 11 is 1.12. The molecule has 0 saturated heterocycles. The number of alkyl halides is 4. The van der Waals surface area contributed by atoms with E-state index in [1.807, 2.05) is 6.07 Å².